The Bertz CT molecular complexity index is 883. The van der Waals surface area contributed by atoms with E-state index in [1.807, 2.05) is 45.0 Å². The van der Waals surface area contributed by atoms with Crippen molar-refractivity contribution in [2.24, 2.45) is 5.92 Å². The standard InChI is InChI=1S/C22H28N2O3/c1-13-10-11-18-16(12-13)19(15-8-6-7-9-17(15)23-18)21(26)27-14(2)20(25)24-22(3,4)5/h6-9,13-14H,10-12H2,1-5H3,(H,24,25)/t13-,14+/m0/s1. The molecule has 27 heavy (non-hydrogen) atoms. The van der Waals surface area contributed by atoms with Crippen molar-refractivity contribution in [2.75, 3.05) is 0 Å². The number of hydrogen-bond donors (Lipinski definition) is 1. The van der Waals surface area contributed by atoms with Crippen molar-refractivity contribution in [1.29, 1.82) is 0 Å². The summed E-state index contributed by atoms with van der Waals surface area (Å²) < 4.78 is 5.57. The van der Waals surface area contributed by atoms with Crippen molar-refractivity contribution in [2.45, 2.75) is 65.5 Å². The lowest BCUT2D eigenvalue weighted by molar-refractivity contribution is -0.130. The molecule has 1 aliphatic rings. The van der Waals surface area contributed by atoms with Crippen molar-refractivity contribution >= 4 is 22.8 Å². The Kier molecular flexibility index (Phi) is 5.22. The van der Waals surface area contributed by atoms with Crippen LogP contribution in [-0.2, 0) is 22.4 Å². The van der Waals surface area contributed by atoms with Crippen LogP contribution in [0.3, 0.4) is 0 Å². The first-order valence-corrected chi connectivity index (χ1v) is 9.59. The summed E-state index contributed by atoms with van der Waals surface area (Å²) in [5, 5.41) is 3.64. The van der Waals surface area contributed by atoms with Gasteiger partial charge < -0.3 is 10.1 Å². The number of aryl methyl sites for hydroxylation is 1. The Morgan fingerprint density at radius 3 is 2.67 bits per heavy atom. The predicted octanol–water partition coefficient (Wildman–Crippen LogP) is 3.82. The zero-order chi connectivity index (χ0) is 19.8. The summed E-state index contributed by atoms with van der Waals surface area (Å²) >= 11 is 0. The number of esters is 1. The second kappa shape index (κ2) is 7.29. The van der Waals surface area contributed by atoms with Crippen molar-refractivity contribution in [1.82, 2.24) is 10.3 Å². The van der Waals surface area contributed by atoms with Gasteiger partial charge in [0.25, 0.3) is 5.91 Å². The lowest BCUT2D eigenvalue weighted by Crippen LogP contribution is -2.46. The number of para-hydroxylation sites is 1. The second-order valence-electron chi connectivity index (χ2n) is 8.56. The number of aromatic nitrogens is 1. The minimum atomic E-state index is -0.861. The van der Waals surface area contributed by atoms with E-state index in [1.54, 1.807) is 6.92 Å². The van der Waals surface area contributed by atoms with E-state index in [0.717, 1.165) is 41.4 Å². The smallest absolute Gasteiger partial charge is 0.339 e. The van der Waals surface area contributed by atoms with Gasteiger partial charge in [-0.3, -0.25) is 9.78 Å². The van der Waals surface area contributed by atoms with Gasteiger partial charge in [-0.2, -0.15) is 0 Å². The van der Waals surface area contributed by atoms with Crippen molar-refractivity contribution in [3.05, 3.63) is 41.1 Å². The molecule has 0 bridgehead atoms. The molecule has 1 aromatic heterocycles. The van der Waals surface area contributed by atoms with Gasteiger partial charge in [0.2, 0.25) is 0 Å². The van der Waals surface area contributed by atoms with E-state index in [9.17, 15) is 9.59 Å². The topological polar surface area (TPSA) is 68.3 Å². The number of nitrogens with one attached hydrogen (secondary N) is 1. The van der Waals surface area contributed by atoms with Crippen LogP contribution in [0.15, 0.2) is 24.3 Å². The fourth-order valence-corrected chi connectivity index (χ4v) is 3.54. The molecule has 0 fully saturated rings. The predicted molar refractivity (Wildman–Crippen MR) is 106 cm³/mol. The van der Waals surface area contributed by atoms with Crippen molar-refractivity contribution in [3.63, 3.8) is 0 Å². The molecule has 2 atom stereocenters. The third-order valence-electron chi connectivity index (χ3n) is 4.86. The van der Waals surface area contributed by atoms with Crippen LogP contribution < -0.4 is 5.32 Å². The summed E-state index contributed by atoms with van der Waals surface area (Å²) in [6.07, 6.45) is 1.87. The average molecular weight is 368 g/mol. The van der Waals surface area contributed by atoms with E-state index in [0.29, 0.717) is 11.5 Å². The maximum atomic E-state index is 13.1. The van der Waals surface area contributed by atoms with E-state index >= 15 is 0 Å². The number of nitrogens with zero attached hydrogens (tertiary/aromatic N) is 1. The minimum Gasteiger partial charge on any atom is -0.449 e. The van der Waals surface area contributed by atoms with Gasteiger partial charge in [-0.25, -0.2) is 4.79 Å². The lowest BCUT2D eigenvalue weighted by Gasteiger charge is -2.25. The van der Waals surface area contributed by atoms with Gasteiger partial charge in [0.15, 0.2) is 6.10 Å². The Balaban J connectivity index is 1.96. The molecule has 1 heterocycles. The molecule has 0 saturated heterocycles. The SMILES string of the molecule is C[C@H]1CCc2nc3ccccc3c(C(=O)O[C@H](C)C(=O)NC(C)(C)C)c2C1. The summed E-state index contributed by atoms with van der Waals surface area (Å²) in [6.45, 7) is 9.48. The highest BCUT2D eigenvalue weighted by Crippen LogP contribution is 2.32. The molecule has 5 nitrogen and oxygen atoms in total. The molecule has 5 heteroatoms. The molecule has 0 spiro atoms. The number of ether oxygens (including phenoxy) is 1. The van der Waals surface area contributed by atoms with Gasteiger partial charge >= 0.3 is 5.97 Å². The fourth-order valence-electron chi connectivity index (χ4n) is 3.54. The van der Waals surface area contributed by atoms with Crippen LogP contribution in [0, 0.1) is 5.92 Å². The molecule has 0 unspecified atom stereocenters. The highest BCUT2D eigenvalue weighted by molar-refractivity contribution is 6.05. The molecule has 1 aromatic carbocycles. The zero-order valence-corrected chi connectivity index (χ0v) is 16.8. The van der Waals surface area contributed by atoms with Crippen LogP contribution in [0.25, 0.3) is 10.9 Å². The Hall–Kier alpha value is -2.43. The molecule has 144 valence electrons. The third kappa shape index (κ3) is 4.29. The first-order chi connectivity index (χ1) is 12.7. The van der Waals surface area contributed by atoms with E-state index < -0.39 is 12.1 Å². The summed E-state index contributed by atoms with van der Waals surface area (Å²) in [4.78, 5) is 30.2. The van der Waals surface area contributed by atoms with E-state index in [4.69, 9.17) is 9.72 Å². The van der Waals surface area contributed by atoms with Crippen molar-refractivity contribution in [3.8, 4) is 0 Å². The minimum absolute atomic E-state index is 0.295. The Labute approximate surface area is 160 Å². The van der Waals surface area contributed by atoms with Gasteiger partial charge in [-0.15, -0.1) is 0 Å². The first-order valence-electron chi connectivity index (χ1n) is 9.59. The number of hydrogen-bond acceptors (Lipinski definition) is 4. The van der Waals surface area contributed by atoms with E-state index in [2.05, 4.69) is 12.2 Å². The molecule has 0 aliphatic heterocycles. The van der Waals surface area contributed by atoms with Crippen molar-refractivity contribution < 1.29 is 14.3 Å². The number of carbonyl (C=O) groups excluding carboxylic acids is 2. The van der Waals surface area contributed by atoms with Crippen LogP contribution in [0.4, 0.5) is 0 Å². The van der Waals surface area contributed by atoms with Crippen LogP contribution >= 0.6 is 0 Å². The highest BCUT2D eigenvalue weighted by atomic mass is 16.5. The maximum absolute atomic E-state index is 13.1. The van der Waals surface area contributed by atoms with Gasteiger partial charge in [0.05, 0.1) is 11.1 Å². The molecule has 1 amide bonds. The molecule has 3 rings (SSSR count). The summed E-state index contributed by atoms with van der Waals surface area (Å²) in [5.41, 5.74) is 2.93. The Morgan fingerprint density at radius 1 is 1.26 bits per heavy atom. The normalized spacial score (nSPS) is 17.9. The molecular weight excluding hydrogens is 340 g/mol. The number of rotatable bonds is 3. The van der Waals surface area contributed by atoms with Crippen LogP contribution in [0.1, 0.15) is 62.7 Å². The Morgan fingerprint density at radius 2 is 1.96 bits per heavy atom. The summed E-state index contributed by atoms with van der Waals surface area (Å²) in [6, 6.07) is 7.63. The number of carbonyl (C=O) groups is 2. The summed E-state index contributed by atoms with van der Waals surface area (Å²) in [7, 11) is 0. The lowest BCUT2D eigenvalue weighted by atomic mass is 9.84. The highest BCUT2D eigenvalue weighted by Gasteiger charge is 2.29. The van der Waals surface area contributed by atoms with Gasteiger partial charge in [0, 0.05) is 16.6 Å². The zero-order valence-electron chi connectivity index (χ0n) is 16.8. The quantitative estimate of drug-likeness (QED) is 0.836. The number of benzene rings is 1. The fraction of sp³-hybridized carbons (Fsp3) is 0.500. The molecule has 1 aliphatic carbocycles. The van der Waals surface area contributed by atoms with Gasteiger partial charge in [-0.05, 0) is 64.5 Å². The van der Waals surface area contributed by atoms with E-state index in [-0.39, 0.29) is 11.4 Å². The second-order valence-corrected chi connectivity index (χ2v) is 8.56. The third-order valence-corrected chi connectivity index (χ3v) is 4.86. The molecule has 1 N–H and O–H groups in total. The molecule has 2 aromatic rings. The van der Waals surface area contributed by atoms with Crippen LogP contribution in [0.2, 0.25) is 0 Å². The average Bonchev–Trinajstić information content (AvgIpc) is 2.58. The van der Waals surface area contributed by atoms with Crippen LogP contribution in [0.5, 0.6) is 0 Å². The van der Waals surface area contributed by atoms with E-state index in [1.165, 1.54) is 0 Å². The maximum Gasteiger partial charge on any atom is 0.339 e. The number of pyridine rings is 1. The number of fused-ring (bicyclic) bond motifs is 2. The monoisotopic (exact) mass is 368 g/mol. The number of amides is 1. The van der Waals surface area contributed by atoms with Gasteiger partial charge in [0.1, 0.15) is 0 Å². The summed E-state index contributed by atoms with van der Waals surface area (Å²) in [5.74, 6) is -0.249. The molecule has 0 radical (unpaired) electrons. The first kappa shape index (κ1) is 19.3. The molecular formula is C22H28N2O3. The van der Waals surface area contributed by atoms with Crippen LogP contribution in [-0.4, -0.2) is 28.5 Å². The largest absolute Gasteiger partial charge is 0.449 e. The molecule has 0 saturated carbocycles. The van der Waals surface area contributed by atoms with Gasteiger partial charge in [-0.1, -0.05) is 25.1 Å².